The topological polar surface area (TPSA) is 81.5 Å². The summed E-state index contributed by atoms with van der Waals surface area (Å²) < 4.78 is 27.8. The first kappa shape index (κ1) is 18.2. The van der Waals surface area contributed by atoms with Gasteiger partial charge in [-0.2, -0.15) is 4.99 Å². The van der Waals surface area contributed by atoms with E-state index in [9.17, 15) is 13.6 Å². The number of carbonyl (C=O) groups is 1. The summed E-state index contributed by atoms with van der Waals surface area (Å²) in [6.45, 7) is -0.0267. The molecule has 3 rings (SSSR count). The number of hydrogen-bond donors (Lipinski definition) is 2. The normalized spacial score (nSPS) is 14.0. The number of nitrogens with zero attached hydrogens (tertiary/aromatic N) is 1. The van der Waals surface area contributed by atoms with Gasteiger partial charge >= 0.3 is 0 Å². The van der Waals surface area contributed by atoms with Gasteiger partial charge in [0.25, 0.3) is 5.91 Å². The van der Waals surface area contributed by atoms with Gasteiger partial charge in [-0.15, -0.1) is 0 Å². The van der Waals surface area contributed by atoms with E-state index in [0.29, 0.717) is 23.1 Å². The Morgan fingerprint density at radius 3 is 2.65 bits per heavy atom. The Labute approximate surface area is 154 Å². The molecule has 26 heavy (non-hydrogen) atoms. The summed E-state index contributed by atoms with van der Waals surface area (Å²) in [5.74, 6) is -2.04. The van der Waals surface area contributed by atoms with E-state index in [1.54, 1.807) is 18.2 Å². The van der Waals surface area contributed by atoms with Crippen LogP contribution in [0.4, 0.5) is 8.78 Å². The lowest BCUT2D eigenvalue weighted by Gasteiger charge is -2.19. The Morgan fingerprint density at radius 2 is 1.92 bits per heavy atom. The van der Waals surface area contributed by atoms with E-state index in [1.807, 2.05) is 6.08 Å². The second-order valence-electron chi connectivity index (χ2n) is 5.89. The number of amidine groups is 1. The SMILES string of the molecule is NCC(N)=NC(=O)c1ccc2c(c1)C(c1cc(Cl)c(F)cc1F)=CCC2. The maximum absolute atomic E-state index is 14.3. The van der Waals surface area contributed by atoms with Crippen LogP contribution < -0.4 is 11.5 Å². The van der Waals surface area contributed by atoms with Crippen molar-refractivity contribution in [3.63, 3.8) is 0 Å². The standard InChI is InChI=1S/C19H16ClF2N3O/c20-15-7-14(16(21)8-17(15)22)12-3-1-2-10-4-5-11(6-13(10)12)19(26)25-18(24)9-23/h3-8H,1-2,9,23H2,(H2,24,25,26). The Kier molecular flexibility index (Phi) is 5.15. The third-order valence-electron chi connectivity index (χ3n) is 4.16. The van der Waals surface area contributed by atoms with Crippen LogP contribution in [0.25, 0.3) is 5.57 Å². The number of carbonyl (C=O) groups excluding carboxylic acids is 1. The van der Waals surface area contributed by atoms with Gasteiger partial charge in [-0.05, 0) is 47.7 Å². The summed E-state index contributed by atoms with van der Waals surface area (Å²) in [5, 5.41) is -0.165. The molecule has 0 radical (unpaired) electrons. The first-order valence-electron chi connectivity index (χ1n) is 7.96. The van der Waals surface area contributed by atoms with E-state index >= 15 is 0 Å². The van der Waals surface area contributed by atoms with Gasteiger partial charge < -0.3 is 11.5 Å². The molecule has 134 valence electrons. The molecule has 0 saturated heterocycles. The molecule has 0 fully saturated rings. The number of benzene rings is 2. The lowest BCUT2D eigenvalue weighted by Crippen LogP contribution is -2.24. The molecule has 0 heterocycles. The van der Waals surface area contributed by atoms with E-state index < -0.39 is 17.5 Å². The molecule has 0 unspecified atom stereocenters. The number of nitrogens with two attached hydrogens (primary N) is 2. The summed E-state index contributed by atoms with van der Waals surface area (Å²) in [5.41, 5.74) is 13.6. The second-order valence-corrected chi connectivity index (χ2v) is 6.29. The quantitative estimate of drug-likeness (QED) is 0.489. The van der Waals surface area contributed by atoms with E-state index in [1.165, 1.54) is 6.07 Å². The van der Waals surface area contributed by atoms with Crippen molar-refractivity contribution in [3.05, 3.63) is 75.3 Å². The lowest BCUT2D eigenvalue weighted by molar-refractivity contribution is 0.100. The number of hydrogen-bond acceptors (Lipinski definition) is 2. The van der Waals surface area contributed by atoms with Crippen LogP contribution in [0.3, 0.4) is 0 Å². The van der Waals surface area contributed by atoms with Gasteiger partial charge in [-0.25, -0.2) is 8.78 Å². The average molecular weight is 376 g/mol. The zero-order valence-corrected chi connectivity index (χ0v) is 14.5. The van der Waals surface area contributed by atoms with Gasteiger partial charge in [0.2, 0.25) is 0 Å². The Morgan fingerprint density at radius 1 is 1.15 bits per heavy atom. The highest BCUT2D eigenvalue weighted by molar-refractivity contribution is 6.31. The number of aliphatic imine (C=N–C) groups is 1. The molecule has 1 aliphatic carbocycles. The Bertz CT molecular complexity index is 954. The highest BCUT2D eigenvalue weighted by Crippen LogP contribution is 2.35. The van der Waals surface area contributed by atoms with Crippen molar-refractivity contribution in [2.45, 2.75) is 12.8 Å². The molecule has 1 amide bonds. The van der Waals surface area contributed by atoms with Crippen molar-refractivity contribution in [2.75, 3.05) is 6.54 Å². The van der Waals surface area contributed by atoms with Crippen LogP contribution in [0.5, 0.6) is 0 Å². The monoisotopic (exact) mass is 375 g/mol. The first-order chi connectivity index (χ1) is 12.4. The third kappa shape index (κ3) is 3.52. The summed E-state index contributed by atoms with van der Waals surface area (Å²) in [6.07, 6.45) is 3.29. The highest BCUT2D eigenvalue weighted by atomic mass is 35.5. The molecule has 0 saturated carbocycles. The molecule has 1 aliphatic rings. The minimum absolute atomic E-state index is 0.0267. The number of halogens is 3. The average Bonchev–Trinajstić information content (AvgIpc) is 2.63. The van der Waals surface area contributed by atoms with Gasteiger partial charge in [0.05, 0.1) is 11.6 Å². The maximum atomic E-state index is 14.3. The largest absolute Gasteiger partial charge is 0.386 e. The molecular formula is C19H16ClF2N3O. The van der Waals surface area contributed by atoms with Gasteiger partial charge in [-0.1, -0.05) is 23.7 Å². The fourth-order valence-electron chi connectivity index (χ4n) is 2.88. The van der Waals surface area contributed by atoms with Gasteiger partial charge in [0, 0.05) is 17.2 Å². The maximum Gasteiger partial charge on any atom is 0.278 e. The van der Waals surface area contributed by atoms with Crippen LogP contribution in [0.1, 0.15) is 33.5 Å². The van der Waals surface area contributed by atoms with Gasteiger partial charge in [0.1, 0.15) is 17.5 Å². The molecule has 0 atom stereocenters. The fraction of sp³-hybridized carbons (Fsp3) is 0.158. The van der Waals surface area contributed by atoms with Crippen molar-refractivity contribution < 1.29 is 13.6 Å². The second kappa shape index (κ2) is 7.35. The predicted octanol–water partition coefficient (Wildman–Crippen LogP) is 3.45. The summed E-state index contributed by atoms with van der Waals surface area (Å²) in [4.78, 5) is 15.9. The number of amides is 1. The van der Waals surface area contributed by atoms with Crippen LogP contribution in [0, 0.1) is 11.6 Å². The van der Waals surface area contributed by atoms with Crippen molar-refractivity contribution in [2.24, 2.45) is 16.5 Å². The molecule has 0 spiro atoms. The molecule has 2 aromatic rings. The molecule has 0 aliphatic heterocycles. The van der Waals surface area contributed by atoms with E-state index in [0.717, 1.165) is 18.1 Å². The fourth-order valence-corrected chi connectivity index (χ4v) is 3.05. The van der Waals surface area contributed by atoms with Gasteiger partial charge in [0.15, 0.2) is 0 Å². The summed E-state index contributed by atoms with van der Waals surface area (Å²) >= 11 is 5.82. The number of fused-ring (bicyclic) bond motifs is 1. The molecule has 0 bridgehead atoms. The minimum atomic E-state index is -0.819. The molecule has 0 aromatic heterocycles. The molecule has 4 nitrogen and oxygen atoms in total. The van der Waals surface area contributed by atoms with Crippen LogP contribution in [0.2, 0.25) is 5.02 Å². The number of allylic oxidation sites excluding steroid dienone is 1. The first-order valence-corrected chi connectivity index (χ1v) is 8.34. The Hall–Kier alpha value is -2.57. The Balaban J connectivity index is 2.08. The van der Waals surface area contributed by atoms with Crippen LogP contribution in [-0.2, 0) is 6.42 Å². The number of rotatable bonds is 3. The zero-order chi connectivity index (χ0) is 18.8. The van der Waals surface area contributed by atoms with Crippen LogP contribution in [-0.4, -0.2) is 18.3 Å². The van der Waals surface area contributed by atoms with E-state index in [-0.39, 0.29) is 23.0 Å². The van der Waals surface area contributed by atoms with Crippen molar-refractivity contribution in [1.29, 1.82) is 0 Å². The molecule has 4 N–H and O–H groups in total. The van der Waals surface area contributed by atoms with Crippen molar-refractivity contribution in [1.82, 2.24) is 0 Å². The van der Waals surface area contributed by atoms with Crippen molar-refractivity contribution >= 4 is 28.9 Å². The van der Waals surface area contributed by atoms with Crippen molar-refractivity contribution in [3.8, 4) is 0 Å². The van der Waals surface area contributed by atoms with E-state index in [4.69, 9.17) is 23.1 Å². The van der Waals surface area contributed by atoms with Crippen LogP contribution in [0.15, 0.2) is 41.4 Å². The summed E-state index contributed by atoms with van der Waals surface area (Å²) in [7, 11) is 0. The van der Waals surface area contributed by atoms with Gasteiger partial charge in [-0.3, -0.25) is 4.79 Å². The molecule has 2 aromatic carbocycles. The molecular weight excluding hydrogens is 360 g/mol. The third-order valence-corrected chi connectivity index (χ3v) is 4.45. The van der Waals surface area contributed by atoms with Crippen LogP contribution >= 0.6 is 11.6 Å². The minimum Gasteiger partial charge on any atom is -0.386 e. The smallest absolute Gasteiger partial charge is 0.278 e. The summed E-state index contributed by atoms with van der Waals surface area (Å²) in [6, 6.07) is 7.09. The predicted molar refractivity (Wildman–Crippen MR) is 98.2 cm³/mol. The zero-order valence-electron chi connectivity index (χ0n) is 13.7. The van der Waals surface area contributed by atoms with E-state index in [2.05, 4.69) is 4.99 Å². The molecule has 7 heteroatoms. The number of aryl methyl sites for hydroxylation is 1. The highest BCUT2D eigenvalue weighted by Gasteiger charge is 2.20. The lowest BCUT2D eigenvalue weighted by atomic mass is 9.85.